The molecule has 0 heterocycles. The maximum Gasteiger partial charge on any atom is 0.310 e. The second-order valence-corrected chi connectivity index (χ2v) is 4.95. The zero-order valence-electron chi connectivity index (χ0n) is 12.2. The summed E-state index contributed by atoms with van der Waals surface area (Å²) in [5.74, 6) is 3.86. The number of hydrazone groups is 1. The highest BCUT2D eigenvalue weighted by Crippen LogP contribution is 2.17. The van der Waals surface area contributed by atoms with Gasteiger partial charge in [-0.05, 0) is 30.4 Å². The Balaban J connectivity index is 0.000000621. The molecule has 0 bridgehead atoms. The molecule has 7 N–H and O–H groups in total. The molecule has 6 nitrogen and oxygen atoms in total. The van der Waals surface area contributed by atoms with E-state index in [0.717, 1.165) is 12.0 Å². The standard InChI is InChI=1S/C13H18O2.CH6N4/c1-9(2)8-11-4-6-12(7-5-11)10(3)13(14)15;2-1(3)5-4/h4-7,9-10H,8H2,1-3H3,(H,14,15);4H2,(H4,2,3,5). The van der Waals surface area contributed by atoms with E-state index in [0.29, 0.717) is 5.92 Å². The number of guanidine groups is 1. The molecule has 0 radical (unpaired) electrons. The summed E-state index contributed by atoms with van der Waals surface area (Å²) in [4.78, 5) is 10.8. The molecule has 0 aliphatic carbocycles. The first kappa shape index (κ1) is 17.8. The topological polar surface area (TPSA) is 128 Å². The molecule has 1 atom stereocenters. The van der Waals surface area contributed by atoms with E-state index in [4.69, 9.17) is 16.6 Å². The quantitative estimate of drug-likeness (QED) is 0.285. The second-order valence-electron chi connectivity index (χ2n) is 4.95. The summed E-state index contributed by atoms with van der Waals surface area (Å²) in [6, 6.07) is 7.87. The number of nitrogens with two attached hydrogens (primary N) is 3. The fourth-order valence-electron chi connectivity index (χ4n) is 1.56. The average Bonchev–Trinajstić information content (AvgIpc) is 2.38. The minimum Gasteiger partial charge on any atom is -0.481 e. The summed E-state index contributed by atoms with van der Waals surface area (Å²) in [7, 11) is 0. The van der Waals surface area contributed by atoms with Gasteiger partial charge in [0.1, 0.15) is 0 Å². The number of rotatable bonds is 4. The maximum atomic E-state index is 10.8. The Morgan fingerprint density at radius 3 is 1.95 bits per heavy atom. The number of hydrogen-bond donors (Lipinski definition) is 4. The molecular formula is C14H24N4O2. The third-order valence-corrected chi connectivity index (χ3v) is 2.64. The molecule has 1 aromatic rings. The summed E-state index contributed by atoms with van der Waals surface area (Å²) in [5.41, 5.74) is 11.5. The molecule has 0 amide bonds. The molecule has 1 unspecified atom stereocenters. The largest absolute Gasteiger partial charge is 0.481 e. The molecule has 0 aromatic heterocycles. The van der Waals surface area contributed by atoms with E-state index in [2.05, 4.69) is 24.8 Å². The van der Waals surface area contributed by atoms with Gasteiger partial charge in [-0.2, -0.15) is 0 Å². The van der Waals surface area contributed by atoms with Gasteiger partial charge in [-0.25, -0.2) is 0 Å². The van der Waals surface area contributed by atoms with E-state index in [1.807, 2.05) is 24.3 Å². The Labute approximate surface area is 119 Å². The van der Waals surface area contributed by atoms with Gasteiger partial charge in [-0.1, -0.05) is 38.1 Å². The first-order valence-corrected chi connectivity index (χ1v) is 6.38. The molecule has 0 aliphatic rings. The van der Waals surface area contributed by atoms with Gasteiger partial charge in [0, 0.05) is 0 Å². The van der Waals surface area contributed by atoms with E-state index in [1.54, 1.807) is 6.92 Å². The van der Waals surface area contributed by atoms with Gasteiger partial charge in [0.05, 0.1) is 5.92 Å². The Morgan fingerprint density at radius 2 is 1.65 bits per heavy atom. The fraction of sp³-hybridized carbons (Fsp3) is 0.429. The predicted molar refractivity (Wildman–Crippen MR) is 81.0 cm³/mol. The van der Waals surface area contributed by atoms with Crippen molar-refractivity contribution in [2.45, 2.75) is 33.1 Å². The van der Waals surface area contributed by atoms with Crippen molar-refractivity contribution in [3.05, 3.63) is 35.4 Å². The van der Waals surface area contributed by atoms with Gasteiger partial charge in [0.25, 0.3) is 0 Å². The molecule has 0 aliphatic heterocycles. The van der Waals surface area contributed by atoms with Crippen LogP contribution in [-0.4, -0.2) is 17.0 Å². The number of aliphatic carboxylic acids is 1. The number of hydrogen-bond acceptors (Lipinski definition) is 3. The van der Waals surface area contributed by atoms with E-state index >= 15 is 0 Å². The van der Waals surface area contributed by atoms with Gasteiger partial charge in [0.2, 0.25) is 5.96 Å². The van der Waals surface area contributed by atoms with Crippen LogP contribution >= 0.6 is 0 Å². The van der Waals surface area contributed by atoms with Crippen LogP contribution in [0.15, 0.2) is 29.4 Å². The van der Waals surface area contributed by atoms with E-state index < -0.39 is 11.9 Å². The van der Waals surface area contributed by atoms with Gasteiger partial charge in [-0.3, -0.25) is 4.79 Å². The zero-order chi connectivity index (χ0) is 15.7. The smallest absolute Gasteiger partial charge is 0.310 e. The lowest BCUT2D eigenvalue weighted by molar-refractivity contribution is -0.138. The number of nitrogens with zero attached hydrogens (tertiary/aromatic N) is 1. The van der Waals surface area contributed by atoms with Crippen LogP contribution in [0.4, 0.5) is 0 Å². The van der Waals surface area contributed by atoms with Crippen LogP contribution in [-0.2, 0) is 11.2 Å². The molecule has 20 heavy (non-hydrogen) atoms. The SMILES string of the molecule is CC(C)Cc1ccc(C(C)C(=O)O)cc1.NN=C(N)N. The van der Waals surface area contributed by atoms with E-state index in [1.165, 1.54) is 5.56 Å². The monoisotopic (exact) mass is 280 g/mol. The van der Waals surface area contributed by atoms with Crippen LogP contribution in [0.25, 0.3) is 0 Å². The van der Waals surface area contributed by atoms with Crippen molar-refractivity contribution in [2.24, 2.45) is 28.3 Å². The second kappa shape index (κ2) is 8.79. The number of benzene rings is 1. The summed E-state index contributed by atoms with van der Waals surface area (Å²) in [6.07, 6.45) is 1.04. The van der Waals surface area contributed by atoms with Crippen LogP contribution < -0.4 is 17.3 Å². The summed E-state index contributed by atoms with van der Waals surface area (Å²) >= 11 is 0. The number of carboxylic acid groups (broad SMARTS) is 1. The van der Waals surface area contributed by atoms with Crippen molar-refractivity contribution in [1.29, 1.82) is 0 Å². The summed E-state index contributed by atoms with van der Waals surface area (Å²) < 4.78 is 0. The molecule has 1 aromatic carbocycles. The molecule has 0 fully saturated rings. The van der Waals surface area contributed by atoms with Crippen molar-refractivity contribution in [3.63, 3.8) is 0 Å². The normalized spacial score (nSPS) is 11.2. The summed E-state index contributed by atoms with van der Waals surface area (Å²) in [6.45, 7) is 6.06. The lowest BCUT2D eigenvalue weighted by Crippen LogP contribution is -2.23. The van der Waals surface area contributed by atoms with Crippen LogP contribution in [0.3, 0.4) is 0 Å². The molecule has 0 spiro atoms. The fourth-order valence-corrected chi connectivity index (χ4v) is 1.56. The number of carboxylic acids is 1. The molecule has 0 saturated heterocycles. The number of carbonyl (C=O) groups is 1. The maximum absolute atomic E-state index is 10.8. The van der Waals surface area contributed by atoms with Gasteiger partial charge >= 0.3 is 5.97 Å². The van der Waals surface area contributed by atoms with Crippen molar-refractivity contribution in [1.82, 2.24) is 0 Å². The van der Waals surface area contributed by atoms with Gasteiger partial charge in [0.15, 0.2) is 0 Å². The highest BCUT2D eigenvalue weighted by Gasteiger charge is 2.12. The lowest BCUT2D eigenvalue weighted by Gasteiger charge is -2.09. The molecule has 0 saturated carbocycles. The highest BCUT2D eigenvalue weighted by molar-refractivity contribution is 5.75. The molecule has 1 rings (SSSR count). The van der Waals surface area contributed by atoms with Gasteiger partial charge < -0.3 is 22.4 Å². The first-order valence-electron chi connectivity index (χ1n) is 6.38. The third kappa shape index (κ3) is 7.25. The lowest BCUT2D eigenvalue weighted by atomic mass is 9.97. The van der Waals surface area contributed by atoms with Gasteiger partial charge in [-0.15, -0.1) is 5.10 Å². The molecule has 6 heteroatoms. The Bertz CT molecular complexity index is 437. The summed E-state index contributed by atoms with van der Waals surface area (Å²) in [5, 5.41) is 11.7. The predicted octanol–water partition coefficient (Wildman–Crippen LogP) is 1.21. The van der Waals surface area contributed by atoms with Crippen LogP contribution in [0.2, 0.25) is 0 Å². The van der Waals surface area contributed by atoms with Crippen molar-refractivity contribution in [2.75, 3.05) is 0 Å². The third-order valence-electron chi connectivity index (χ3n) is 2.64. The van der Waals surface area contributed by atoms with E-state index in [9.17, 15) is 4.79 Å². The molecular weight excluding hydrogens is 256 g/mol. The Kier molecular flexibility index (Phi) is 7.81. The van der Waals surface area contributed by atoms with Crippen LogP contribution in [0.1, 0.15) is 37.8 Å². The minimum atomic E-state index is -0.772. The van der Waals surface area contributed by atoms with E-state index in [-0.39, 0.29) is 5.96 Å². The Morgan fingerprint density at radius 1 is 1.20 bits per heavy atom. The zero-order valence-corrected chi connectivity index (χ0v) is 12.2. The Hall–Kier alpha value is -2.24. The minimum absolute atomic E-state index is 0.0926. The van der Waals surface area contributed by atoms with Crippen molar-refractivity contribution < 1.29 is 9.90 Å². The van der Waals surface area contributed by atoms with Crippen molar-refractivity contribution in [3.8, 4) is 0 Å². The van der Waals surface area contributed by atoms with Crippen LogP contribution in [0.5, 0.6) is 0 Å². The van der Waals surface area contributed by atoms with Crippen molar-refractivity contribution >= 4 is 11.9 Å². The first-order chi connectivity index (χ1) is 9.27. The molecule has 112 valence electrons. The average molecular weight is 280 g/mol. The highest BCUT2D eigenvalue weighted by atomic mass is 16.4. The van der Waals surface area contributed by atoms with Crippen LogP contribution in [0, 0.1) is 5.92 Å².